The fourth-order valence-corrected chi connectivity index (χ4v) is 3.57. The summed E-state index contributed by atoms with van der Waals surface area (Å²) in [5, 5.41) is 15.4. The van der Waals surface area contributed by atoms with Crippen molar-refractivity contribution in [3.63, 3.8) is 0 Å². The van der Waals surface area contributed by atoms with Gasteiger partial charge in [-0.25, -0.2) is 14.5 Å². The topological polar surface area (TPSA) is 89.3 Å². The molecule has 29 heavy (non-hydrogen) atoms. The molecular weight excluding hydrogens is 362 g/mol. The van der Waals surface area contributed by atoms with Crippen molar-refractivity contribution in [2.24, 2.45) is 0 Å². The van der Waals surface area contributed by atoms with Crippen molar-refractivity contribution in [1.82, 2.24) is 19.6 Å². The van der Waals surface area contributed by atoms with Gasteiger partial charge in [-0.1, -0.05) is 72.8 Å². The van der Waals surface area contributed by atoms with Crippen molar-refractivity contribution in [2.45, 2.75) is 12.5 Å². The van der Waals surface area contributed by atoms with Crippen LogP contribution in [0.25, 0.3) is 22.3 Å². The number of hydrogen-bond donors (Lipinski definition) is 2. The first-order valence-electron chi connectivity index (χ1n) is 9.32. The van der Waals surface area contributed by atoms with Crippen molar-refractivity contribution in [3.05, 3.63) is 96.1 Å². The first kappa shape index (κ1) is 17.3. The van der Waals surface area contributed by atoms with Gasteiger partial charge in [-0.05, 0) is 18.1 Å². The highest BCUT2D eigenvalue weighted by Gasteiger charge is 2.26. The summed E-state index contributed by atoms with van der Waals surface area (Å²) in [4.78, 5) is 8.93. The summed E-state index contributed by atoms with van der Waals surface area (Å²) in [6, 6.07) is 17.3. The first-order valence-corrected chi connectivity index (χ1v) is 9.32. The highest BCUT2D eigenvalue weighted by Crippen LogP contribution is 2.34. The van der Waals surface area contributed by atoms with Crippen molar-refractivity contribution >= 4 is 16.9 Å². The molecular formula is C23H19N5O. The second-order valence-corrected chi connectivity index (χ2v) is 7.19. The summed E-state index contributed by atoms with van der Waals surface area (Å²) >= 11 is 0. The molecule has 1 atom stereocenters. The summed E-state index contributed by atoms with van der Waals surface area (Å²) in [5.74, 6) is 1.10. The standard InChI is InChI=1S/C23H19N5O/c1-23(29,17-8-3-2-4-9-17)18-12-10-15(11-13-18)19-20-21(24)25-14-26-28(20)22(27-19)16-6-5-7-16/h2-14,29H,1H3,(H2,24,25,26). The minimum atomic E-state index is -1.09. The van der Waals surface area contributed by atoms with Crippen LogP contribution in [0.3, 0.4) is 0 Å². The maximum atomic E-state index is 11.1. The zero-order valence-corrected chi connectivity index (χ0v) is 15.8. The van der Waals surface area contributed by atoms with Gasteiger partial charge >= 0.3 is 0 Å². The van der Waals surface area contributed by atoms with Gasteiger partial charge in [0.2, 0.25) is 0 Å². The highest BCUT2D eigenvalue weighted by molar-refractivity contribution is 5.89. The minimum Gasteiger partial charge on any atom is -0.382 e. The van der Waals surface area contributed by atoms with Gasteiger partial charge in [0.1, 0.15) is 23.1 Å². The van der Waals surface area contributed by atoms with Gasteiger partial charge in [0.25, 0.3) is 0 Å². The van der Waals surface area contributed by atoms with E-state index in [2.05, 4.69) is 10.1 Å². The van der Waals surface area contributed by atoms with Gasteiger partial charge in [-0.15, -0.1) is 0 Å². The van der Waals surface area contributed by atoms with Crippen molar-refractivity contribution in [1.29, 1.82) is 0 Å². The van der Waals surface area contributed by atoms with Crippen molar-refractivity contribution < 1.29 is 5.11 Å². The first-order chi connectivity index (χ1) is 14.1. The Kier molecular flexibility index (Phi) is 3.82. The summed E-state index contributed by atoms with van der Waals surface area (Å²) in [6.45, 7) is 1.79. The summed E-state index contributed by atoms with van der Waals surface area (Å²) in [7, 11) is 0. The lowest BCUT2D eigenvalue weighted by atomic mass is 9.87. The van der Waals surface area contributed by atoms with Crippen LogP contribution in [0.5, 0.6) is 0 Å². The van der Waals surface area contributed by atoms with E-state index in [9.17, 15) is 5.11 Å². The van der Waals surface area contributed by atoms with Gasteiger partial charge in [0.05, 0.1) is 0 Å². The number of aliphatic hydroxyl groups is 1. The van der Waals surface area contributed by atoms with E-state index in [1.54, 1.807) is 11.4 Å². The number of aromatic nitrogens is 4. The molecule has 2 aromatic heterocycles. The zero-order chi connectivity index (χ0) is 20.0. The monoisotopic (exact) mass is 381 g/mol. The molecule has 142 valence electrons. The molecule has 6 heteroatoms. The largest absolute Gasteiger partial charge is 0.382 e. The normalized spacial score (nSPS) is 15.0. The molecule has 1 unspecified atom stereocenters. The maximum absolute atomic E-state index is 11.1. The van der Waals surface area contributed by atoms with E-state index in [1.165, 1.54) is 6.33 Å². The van der Waals surface area contributed by atoms with Crippen LogP contribution in [0.15, 0.2) is 79.2 Å². The van der Waals surface area contributed by atoms with E-state index in [4.69, 9.17) is 10.7 Å². The van der Waals surface area contributed by atoms with Gasteiger partial charge in [-0.2, -0.15) is 5.10 Å². The van der Waals surface area contributed by atoms with Crippen LogP contribution in [0, 0.1) is 0 Å². The molecule has 3 N–H and O–H groups in total. The van der Waals surface area contributed by atoms with E-state index in [0.717, 1.165) is 28.1 Å². The van der Waals surface area contributed by atoms with Crippen LogP contribution >= 0.6 is 0 Å². The van der Waals surface area contributed by atoms with Crippen LogP contribution < -0.4 is 5.73 Å². The molecule has 1 aliphatic carbocycles. The number of nitrogens with zero attached hydrogens (tertiary/aromatic N) is 4. The molecule has 0 aliphatic heterocycles. The fourth-order valence-electron chi connectivity index (χ4n) is 3.57. The van der Waals surface area contributed by atoms with Crippen LogP contribution in [-0.4, -0.2) is 24.7 Å². The Morgan fingerprint density at radius 2 is 1.69 bits per heavy atom. The number of nitrogen functional groups attached to an aromatic ring is 1. The molecule has 0 amide bonds. The average molecular weight is 381 g/mol. The van der Waals surface area contributed by atoms with Gasteiger partial charge in [-0.3, -0.25) is 0 Å². The Balaban J connectivity index is 1.60. The fraction of sp³-hybridized carbons (Fsp3) is 0.0870. The molecule has 0 fully saturated rings. The Labute approximate surface area is 167 Å². The summed E-state index contributed by atoms with van der Waals surface area (Å²) < 4.78 is 1.72. The van der Waals surface area contributed by atoms with E-state index in [0.29, 0.717) is 17.0 Å². The summed E-state index contributed by atoms with van der Waals surface area (Å²) in [5.41, 5.74) is 9.95. The predicted molar refractivity (Wildman–Crippen MR) is 113 cm³/mol. The van der Waals surface area contributed by atoms with E-state index >= 15 is 0 Å². The SMILES string of the molecule is CC(O)(c1ccccc1)c1ccc(-c2nc(C3=CC=C3)n3ncnc(N)c23)cc1. The molecule has 1 aliphatic rings. The smallest absolute Gasteiger partial charge is 0.162 e. The number of fused-ring (bicyclic) bond motifs is 1. The van der Waals surface area contributed by atoms with Crippen LogP contribution in [0.4, 0.5) is 5.82 Å². The second-order valence-electron chi connectivity index (χ2n) is 7.19. The highest BCUT2D eigenvalue weighted by atomic mass is 16.3. The van der Waals surface area contributed by atoms with Gasteiger partial charge in [0, 0.05) is 11.1 Å². The van der Waals surface area contributed by atoms with E-state index in [-0.39, 0.29) is 0 Å². The lowest BCUT2D eigenvalue weighted by Gasteiger charge is -2.24. The second kappa shape index (κ2) is 6.39. The molecule has 4 aromatic rings. The molecule has 5 rings (SSSR count). The molecule has 0 bridgehead atoms. The Bertz CT molecular complexity index is 1270. The quantitative estimate of drug-likeness (QED) is 0.564. The summed E-state index contributed by atoms with van der Waals surface area (Å²) in [6.07, 6.45) is 7.36. The molecule has 0 radical (unpaired) electrons. The third-order valence-corrected chi connectivity index (χ3v) is 5.33. The Morgan fingerprint density at radius 3 is 2.34 bits per heavy atom. The minimum absolute atomic E-state index is 0.373. The molecule has 0 spiro atoms. The maximum Gasteiger partial charge on any atom is 0.162 e. The number of imidazole rings is 1. The number of hydrogen-bond acceptors (Lipinski definition) is 5. The van der Waals surface area contributed by atoms with Crippen molar-refractivity contribution in [2.75, 3.05) is 5.73 Å². The van der Waals surface area contributed by atoms with Crippen LogP contribution in [0.2, 0.25) is 0 Å². The van der Waals surface area contributed by atoms with Crippen LogP contribution in [0.1, 0.15) is 23.9 Å². The number of allylic oxidation sites excluding steroid dienone is 4. The predicted octanol–water partition coefficient (Wildman–Crippen LogP) is 3.58. The van der Waals surface area contributed by atoms with Gasteiger partial charge < -0.3 is 10.8 Å². The number of anilines is 1. The zero-order valence-electron chi connectivity index (χ0n) is 15.8. The Hall–Kier alpha value is -3.77. The lowest BCUT2D eigenvalue weighted by molar-refractivity contribution is 0.102. The van der Waals surface area contributed by atoms with E-state index in [1.807, 2.05) is 72.8 Å². The molecule has 6 nitrogen and oxygen atoms in total. The number of rotatable bonds is 4. The average Bonchev–Trinajstić information content (AvgIpc) is 3.08. The lowest BCUT2D eigenvalue weighted by Crippen LogP contribution is -2.22. The molecule has 2 heterocycles. The molecule has 2 aromatic carbocycles. The van der Waals surface area contributed by atoms with Crippen LogP contribution in [-0.2, 0) is 5.60 Å². The van der Waals surface area contributed by atoms with Gasteiger partial charge in [0.15, 0.2) is 11.6 Å². The van der Waals surface area contributed by atoms with Crippen molar-refractivity contribution in [3.8, 4) is 11.3 Å². The number of benzene rings is 2. The number of nitrogens with two attached hydrogens (primary N) is 1. The third kappa shape index (κ3) is 2.73. The molecule has 0 saturated carbocycles. The van der Waals surface area contributed by atoms with E-state index < -0.39 is 5.60 Å². The third-order valence-electron chi connectivity index (χ3n) is 5.33. The Morgan fingerprint density at radius 1 is 1.00 bits per heavy atom. The molecule has 0 saturated heterocycles.